The van der Waals surface area contributed by atoms with Gasteiger partial charge in [0.25, 0.3) is 0 Å². The summed E-state index contributed by atoms with van der Waals surface area (Å²) in [5, 5.41) is 126. The molecule has 3 aromatic carbocycles. The number of rotatable bonds is 0. The van der Waals surface area contributed by atoms with Gasteiger partial charge >= 0.3 is 0 Å². The predicted octanol–water partition coefficient (Wildman–Crippen LogP) is -2.22. The Balaban J connectivity index is 0.000000826. The smallest absolute Gasteiger partial charge is 0.136 e. The Labute approximate surface area is 399 Å². The normalized spacial score (nSPS) is 12.0. The first-order valence-corrected chi connectivity index (χ1v) is 19.9. The van der Waals surface area contributed by atoms with Crippen LogP contribution in [0.2, 0.25) is 0 Å². The second kappa shape index (κ2) is 37.6. The fourth-order valence-corrected chi connectivity index (χ4v) is 5.15. The van der Waals surface area contributed by atoms with E-state index in [-0.39, 0.29) is 50.5 Å². The Bertz CT molecular complexity index is 2320. The Morgan fingerprint density at radius 3 is 0.388 bits per heavy atom. The molecule has 2 saturated heterocycles. The molecule has 0 spiro atoms. The third-order valence-electron chi connectivity index (χ3n) is 8.60. The van der Waals surface area contributed by atoms with E-state index in [2.05, 4.69) is 31.9 Å². The summed E-state index contributed by atoms with van der Waals surface area (Å²) in [6.45, 7) is 13.2. The summed E-state index contributed by atoms with van der Waals surface area (Å²) in [6.07, 6.45) is 0. The quantitative estimate of drug-likeness (QED) is 0.130. The van der Waals surface area contributed by atoms with Gasteiger partial charge in [0, 0.05) is 127 Å². The number of hydrogen-bond acceptors (Lipinski definition) is 18. The van der Waals surface area contributed by atoms with E-state index in [1.165, 1.54) is 72.8 Å². The summed E-state index contributed by atoms with van der Waals surface area (Å²) in [5.41, 5.74) is 0.0112. The van der Waals surface area contributed by atoms with E-state index in [4.69, 9.17) is 63.1 Å². The number of benzene rings is 3. The third-order valence-corrected chi connectivity index (χ3v) is 8.60. The maximum Gasteiger partial charge on any atom is 0.136 e. The zero-order valence-corrected chi connectivity index (χ0v) is 37.0. The van der Waals surface area contributed by atoms with Crippen molar-refractivity contribution < 1.29 is 17.1 Å². The van der Waals surface area contributed by atoms with Gasteiger partial charge in [-0.15, -0.1) is 0 Å². The molecule has 1 radical (unpaired) electrons. The first-order chi connectivity index (χ1) is 32.3. The van der Waals surface area contributed by atoms with E-state index >= 15 is 0 Å². The average Bonchev–Trinajstić information content (AvgIpc) is 3.64. The van der Waals surface area contributed by atoms with Gasteiger partial charge in [-0.1, -0.05) is 72.8 Å². The molecule has 0 saturated carbocycles. The molecule has 2 aliphatic heterocycles. The van der Waals surface area contributed by atoms with Crippen LogP contribution in [0.25, 0.3) is 33.4 Å². The van der Waals surface area contributed by atoms with Crippen molar-refractivity contribution in [1.29, 1.82) is 63.1 Å². The maximum absolute atomic E-state index is 8.63. The zero-order chi connectivity index (χ0) is 48.6. The largest absolute Gasteiger partial charge is 0.314 e. The van der Waals surface area contributed by atoms with E-state index in [1.54, 1.807) is 72.8 Å². The van der Waals surface area contributed by atoms with Crippen LogP contribution in [0.3, 0.4) is 0 Å². The number of nitrogens with zero attached hydrogens (tertiary/aromatic N) is 12. The van der Waals surface area contributed by atoms with Gasteiger partial charge in [0.1, 0.15) is 106 Å². The summed E-state index contributed by atoms with van der Waals surface area (Å²) in [4.78, 5) is 0. The summed E-state index contributed by atoms with van der Waals surface area (Å²) >= 11 is 0. The van der Waals surface area contributed by atoms with Crippen LogP contribution >= 0.6 is 0 Å². The van der Waals surface area contributed by atoms with Crippen LogP contribution in [0, 0.1) is 136 Å². The van der Waals surface area contributed by atoms with E-state index in [0.29, 0.717) is 31.3 Å². The fourth-order valence-electron chi connectivity index (χ4n) is 5.15. The van der Waals surface area contributed by atoms with Crippen LogP contribution in [0.5, 0.6) is 0 Å². The second-order valence-electron chi connectivity index (χ2n) is 12.8. The first kappa shape index (κ1) is 58.0. The topological polar surface area (TPSA) is 358 Å². The average molecular weight is 935 g/mol. The van der Waals surface area contributed by atoms with Crippen LogP contribution in [-0.2, 0) is 17.1 Å². The van der Waals surface area contributed by atoms with Gasteiger partial charge in [-0.05, 0) is 0 Å². The van der Waals surface area contributed by atoms with Crippen LogP contribution in [0.4, 0.5) is 0 Å². The van der Waals surface area contributed by atoms with Crippen molar-refractivity contribution in [2.75, 3.05) is 78.5 Å². The molecule has 18 nitrogen and oxygen atoms in total. The minimum Gasteiger partial charge on any atom is -0.314 e. The molecule has 0 aromatic heterocycles. The van der Waals surface area contributed by atoms with E-state index in [9.17, 15) is 0 Å². The molecule has 3 aromatic rings. The van der Waals surface area contributed by atoms with Gasteiger partial charge in [-0.2, -0.15) is 63.1 Å². The van der Waals surface area contributed by atoms with Gasteiger partial charge in [0.05, 0.1) is 0 Å². The molecule has 2 heterocycles. The molecule has 67 heavy (non-hydrogen) atoms. The Hall–Kier alpha value is -8.96. The van der Waals surface area contributed by atoms with Gasteiger partial charge in [-0.25, -0.2) is 0 Å². The Morgan fingerprint density at radius 1 is 0.224 bits per heavy atom. The first-order valence-electron chi connectivity index (χ1n) is 19.9. The molecule has 0 unspecified atom stereocenters. The molecule has 335 valence electrons. The summed E-state index contributed by atoms with van der Waals surface area (Å²) in [6, 6.07) is 39.6. The monoisotopic (exact) mass is 933 g/mol. The molecule has 19 heteroatoms. The number of hydrogen-bond donors (Lipinski definition) is 6. The maximum atomic E-state index is 8.63. The Kier molecular flexibility index (Phi) is 32.6. The molecule has 2 aliphatic rings. The van der Waals surface area contributed by atoms with E-state index < -0.39 is 0 Å². The number of nitrogens with one attached hydrogen (secondary N) is 6. The molecular weight excluding hydrogens is 892 g/mol. The van der Waals surface area contributed by atoms with Gasteiger partial charge in [-0.3, -0.25) is 0 Å². The fraction of sp³-hybridized carbons (Fsp3) is 0.250. The van der Waals surface area contributed by atoms with Crippen LogP contribution in [0.1, 0.15) is 0 Å². The van der Waals surface area contributed by atoms with Crippen LogP contribution in [0.15, 0.2) is 72.8 Å². The van der Waals surface area contributed by atoms with Crippen LogP contribution < -0.4 is 63.2 Å². The van der Waals surface area contributed by atoms with Crippen molar-refractivity contribution in [2.45, 2.75) is 0 Å². The third kappa shape index (κ3) is 22.8. The van der Waals surface area contributed by atoms with Crippen LogP contribution in [-0.4, -0.2) is 78.5 Å². The molecular formula is C48H42CuN18. The molecule has 0 atom stereocenters. The molecule has 0 aliphatic carbocycles. The second-order valence-corrected chi connectivity index (χ2v) is 12.8. The standard InChI is InChI=1S/3C12H4N4.2C6H15N3.Cu/c3*13-5-11(6-14)9-1-2-10(4-3-9)12(7-15)8-16;2*1-2-8-5-6-9-4-3-7-1;/h3*1-4H;2*7-9H,1-6H2;. The summed E-state index contributed by atoms with van der Waals surface area (Å²) in [5.74, 6) is 0. The van der Waals surface area contributed by atoms with E-state index in [0.717, 1.165) is 78.5 Å². The predicted molar refractivity (Wildman–Crippen MR) is 242 cm³/mol. The van der Waals surface area contributed by atoms with Gasteiger partial charge < -0.3 is 31.9 Å². The van der Waals surface area contributed by atoms with Crippen molar-refractivity contribution >= 4 is 33.4 Å². The molecule has 0 amide bonds. The molecule has 6 N–H and O–H groups in total. The summed E-state index contributed by atoms with van der Waals surface area (Å²) < 4.78 is 0. The van der Waals surface area contributed by atoms with Crippen molar-refractivity contribution in [1.82, 2.24) is 31.9 Å². The summed E-state index contributed by atoms with van der Waals surface area (Å²) in [7, 11) is 0. The Morgan fingerprint density at radius 2 is 0.313 bits per heavy atom. The minimum atomic E-state index is 0. The molecule has 2 fully saturated rings. The number of nitriles is 12. The molecule has 5 rings (SSSR count). The minimum absolute atomic E-state index is 0. The van der Waals surface area contributed by atoms with Crippen molar-refractivity contribution in [2.24, 2.45) is 0 Å². The molecule has 0 bridgehead atoms. The van der Waals surface area contributed by atoms with Gasteiger partial charge in [0.2, 0.25) is 0 Å². The van der Waals surface area contributed by atoms with Gasteiger partial charge in [0.15, 0.2) is 0 Å². The van der Waals surface area contributed by atoms with Crippen molar-refractivity contribution in [3.05, 3.63) is 104 Å². The SMILES string of the molecule is C1CNCCNCCN1.C1CNCCNCCN1.N#CC(C#N)=c1ccc(=C(C#N)C#N)cc1.N#CC(C#N)=c1ccc(=C(C#N)C#N)cc1.N#CC(C#N)=c1ccc(=C(C#N)C#N)cc1.[Cu]. The zero-order valence-electron chi connectivity index (χ0n) is 36.1. The van der Waals surface area contributed by atoms with Crippen molar-refractivity contribution in [3.8, 4) is 72.8 Å². The van der Waals surface area contributed by atoms with E-state index in [1.807, 2.05) is 0 Å². The van der Waals surface area contributed by atoms with Crippen molar-refractivity contribution in [3.63, 3.8) is 0 Å².